The molecule has 17 heavy (non-hydrogen) atoms. The predicted octanol–water partition coefficient (Wildman–Crippen LogP) is 1.57. The zero-order valence-corrected chi connectivity index (χ0v) is 10.7. The number of hydrogen-bond donors (Lipinski definition) is 2. The van der Waals surface area contributed by atoms with E-state index < -0.39 is 0 Å². The van der Waals surface area contributed by atoms with Gasteiger partial charge >= 0.3 is 6.03 Å². The van der Waals surface area contributed by atoms with Gasteiger partial charge in [-0.1, -0.05) is 12.8 Å². The van der Waals surface area contributed by atoms with E-state index in [1.807, 2.05) is 4.90 Å². The van der Waals surface area contributed by atoms with E-state index in [4.69, 9.17) is 0 Å². The average Bonchev–Trinajstić information content (AvgIpc) is 2.66. The molecule has 2 saturated heterocycles. The molecule has 2 aliphatic heterocycles. The summed E-state index contributed by atoms with van der Waals surface area (Å²) in [4.78, 5) is 14.0. The summed E-state index contributed by atoms with van der Waals surface area (Å²) in [6.45, 7) is 4.91. The lowest BCUT2D eigenvalue weighted by Crippen LogP contribution is -2.44. The Labute approximate surface area is 104 Å². The summed E-state index contributed by atoms with van der Waals surface area (Å²) in [6, 6.07) is 0.150. The third-order valence-corrected chi connectivity index (χ3v) is 3.83. The van der Waals surface area contributed by atoms with Crippen LogP contribution in [0.1, 0.15) is 38.5 Å². The Morgan fingerprint density at radius 1 is 1.18 bits per heavy atom. The SMILES string of the molecule is O=C(NCC1CCCNC1)N1CCCCCC1. The largest absolute Gasteiger partial charge is 0.338 e. The number of carbonyl (C=O) groups is 1. The molecule has 0 aromatic carbocycles. The van der Waals surface area contributed by atoms with Crippen LogP contribution in [0.5, 0.6) is 0 Å². The first-order valence-corrected chi connectivity index (χ1v) is 7.10. The summed E-state index contributed by atoms with van der Waals surface area (Å²) >= 11 is 0. The molecular weight excluding hydrogens is 214 g/mol. The molecule has 4 nitrogen and oxygen atoms in total. The van der Waals surface area contributed by atoms with Crippen LogP contribution < -0.4 is 10.6 Å². The summed E-state index contributed by atoms with van der Waals surface area (Å²) < 4.78 is 0. The molecule has 2 amide bonds. The maximum absolute atomic E-state index is 12.0. The van der Waals surface area contributed by atoms with Gasteiger partial charge in [0.2, 0.25) is 0 Å². The predicted molar refractivity (Wildman–Crippen MR) is 69.0 cm³/mol. The minimum Gasteiger partial charge on any atom is -0.338 e. The van der Waals surface area contributed by atoms with Gasteiger partial charge in [-0.15, -0.1) is 0 Å². The fraction of sp³-hybridized carbons (Fsp3) is 0.923. The number of nitrogens with one attached hydrogen (secondary N) is 2. The van der Waals surface area contributed by atoms with E-state index in [0.29, 0.717) is 5.92 Å². The topological polar surface area (TPSA) is 44.4 Å². The van der Waals surface area contributed by atoms with Crippen LogP contribution in [0.15, 0.2) is 0 Å². The summed E-state index contributed by atoms with van der Waals surface area (Å²) in [5.41, 5.74) is 0. The number of nitrogens with zero attached hydrogens (tertiary/aromatic N) is 1. The molecule has 0 radical (unpaired) electrons. The standard InChI is InChI=1S/C13H25N3O/c17-13(16-8-3-1-2-4-9-16)15-11-12-6-5-7-14-10-12/h12,14H,1-11H2,(H,15,17). The van der Waals surface area contributed by atoms with Gasteiger partial charge in [-0.2, -0.15) is 0 Å². The second kappa shape index (κ2) is 6.84. The monoisotopic (exact) mass is 239 g/mol. The van der Waals surface area contributed by atoms with Gasteiger partial charge in [0.05, 0.1) is 0 Å². The van der Waals surface area contributed by atoms with Crippen LogP contribution in [-0.4, -0.2) is 43.7 Å². The number of piperidine rings is 1. The molecule has 0 saturated carbocycles. The van der Waals surface area contributed by atoms with Crippen molar-refractivity contribution in [2.24, 2.45) is 5.92 Å². The van der Waals surface area contributed by atoms with Crippen LogP contribution in [0.25, 0.3) is 0 Å². The molecule has 0 bridgehead atoms. The lowest BCUT2D eigenvalue weighted by Gasteiger charge is -2.25. The van der Waals surface area contributed by atoms with Crippen molar-refractivity contribution in [2.45, 2.75) is 38.5 Å². The van der Waals surface area contributed by atoms with Crippen molar-refractivity contribution in [1.29, 1.82) is 0 Å². The van der Waals surface area contributed by atoms with Crippen LogP contribution in [0.4, 0.5) is 4.79 Å². The van der Waals surface area contributed by atoms with Crippen molar-refractivity contribution in [3.05, 3.63) is 0 Å². The average molecular weight is 239 g/mol. The quantitative estimate of drug-likeness (QED) is 0.768. The normalized spacial score (nSPS) is 26.4. The second-order valence-corrected chi connectivity index (χ2v) is 5.30. The molecule has 0 aromatic rings. The molecule has 2 rings (SSSR count). The molecule has 0 aromatic heterocycles. The van der Waals surface area contributed by atoms with E-state index in [1.165, 1.54) is 38.5 Å². The van der Waals surface area contributed by atoms with Crippen LogP contribution in [0.3, 0.4) is 0 Å². The molecule has 4 heteroatoms. The van der Waals surface area contributed by atoms with Gasteiger partial charge in [0.1, 0.15) is 0 Å². The summed E-state index contributed by atoms with van der Waals surface area (Å²) in [6.07, 6.45) is 7.36. The van der Waals surface area contributed by atoms with E-state index in [0.717, 1.165) is 32.7 Å². The Kier molecular flexibility index (Phi) is 5.10. The van der Waals surface area contributed by atoms with E-state index in [-0.39, 0.29) is 6.03 Å². The molecule has 0 aliphatic carbocycles. The number of amides is 2. The Bertz CT molecular complexity index is 231. The van der Waals surface area contributed by atoms with E-state index in [9.17, 15) is 4.79 Å². The summed E-state index contributed by atoms with van der Waals surface area (Å²) in [5.74, 6) is 0.625. The smallest absolute Gasteiger partial charge is 0.317 e. The Morgan fingerprint density at radius 3 is 2.59 bits per heavy atom. The number of likely N-dealkylation sites (tertiary alicyclic amines) is 1. The van der Waals surface area contributed by atoms with E-state index in [1.54, 1.807) is 0 Å². The second-order valence-electron chi connectivity index (χ2n) is 5.30. The first kappa shape index (κ1) is 12.7. The molecule has 2 N–H and O–H groups in total. The Morgan fingerprint density at radius 2 is 1.94 bits per heavy atom. The summed E-state index contributed by atoms with van der Waals surface area (Å²) in [7, 11) is 0. The molecule has 98 valence electrons. The maximum atomic E-state index is 12.0. The Balaban J connectivity index is 1.68. The highest BCUT2D eigenvalue weighted by Crippen LogP contribution is 2.11. The highest BCUT2D eigenvalue weighted by atomic mass is 16.2. The van der Waals surface area contributed by atoms with Gasteiger partial charge in [0, 0.05) is 19.6 Å². The van der Waals surface area contributed by atoms with Crippen molar-refractivity contribution >= 4 is 6.03 Å². The number of carbonyl (C=O) groups excluding carboxylic acids is 1. The van der Waals surface area contributed by atoms with E-state index in [2.05, 4.69) is 10.6 Å². The number of hydrogen-bond acceptors (Lipinski definition) is 2. The van der Waals surface area contributed by atoms with Crippen LogP contribution >= 0.6 is 0 Å². The first-order chi connectivity index (χ1) is 8.36. The van der Waals surface area contributed by atoms with Crippen molar-refractivity contribution in [2.75, 3.05) is 32.7 Å². The molecular formula is C13H25N3O. The van der Waals surface area contributed by atoms with Crippen LogP contribution in [-0.2, 0) is 0 Å². The zero-order chi connectivity index (χ0) is 11.9. The first-order valence-electron chi connectivity index (χ1n) is 7.10. The van der Waals surface area contributed by atoms with Crippen molar-refractivity contribution in [3.63, 3.8) is 0 Å². The molecule has 2 fully saturated rings. The summed E-state index contributed by atoms with van der Waals surface area (Å²) in [5, 5.41) is 6.48. The maximum Gasteiger partial charge on any atom is 0.317 e. The third-order valence-electron chi connectivity index (χ3n) is 3.83. The van der Waals surface area contributed by atoms with Gasteiger partial charge in [-0.25, -0.2) is 4.79 Å². The fourth-order valence-corrected chi connectivity index (χ4v) is 2.72. The van der Waals surface area contributed by atoms with Crippen molar-refractivity contribution in [3.8, 4) is 0 Å². The fourth-order valence-electron chi connectivity index (χ4n) is 2.72. The molecule has 1 unspecified atom stereocenters. The highest BCUT2D eigenvalue weighted by molar-refractivity contribution is 5.74. The van der Waals surface area contributed by atoms with Gasteiger partial charge in [0.15, 0.2) is 0 Å². The molecule has 1 atom stereocenters. The molecule has 2 heterocycles. The lowest BCUT2D eigenvalue weighted by molar-refractivity contribution is 0.196. The van der Waals surface area contributed by atoms with Gasteiger partial charge in [0.25, 0.3) is 0 Å². The lowest BCUT2D eigenvalue weighted by atomic mass is 10.00. The number of rotatable bonds is 2. The zero-order valence-electron chi connectivity index (χ0n) is 10.7. The third kappa shape index (κ3) is 4.19. The van der Waals surface area contributed by atoms with Gasteiger partial charge in [-0.05, 0) is 44.7 Å². The van der Waals surface area contributed by atoms with Gasteiger partial charge in [-0.3, -0.25) is 0 Å². The highest BCUT2D eigenvalue weighted by Gasteiger charge is 2.18. The number of urea groups is 1. The molecule has 0 spiro atoms. The van der Waals surface area contributed by atoms with Crippen LogP contribution in [0, 0.1) is 5.92 Å². The van der Waals surface area contributed by atoms with E-state index >= 15 is 0 Å². The van der Waals surface area contributed by atoms with Crippen LogP contribution in [0.2, 0.25) is 0 Å². The Hall–Kier alpha value is -0.770. The van der Waals surface area contributed by atoms with Gasteiger partial charge < -0.3 is 15.5 Å². The molecule has 2 aliphatic rings. The van der Waals surface area contributed by atoms with Crippen molar-refractivity contribution in [1.82, 2.24) is 15.5 Å². The minimum absolute atomic E-state index is 0.150. The van der Waals surface area contributed by atoms with Crippen molar-refractivity contribution < 1.29 is 4.79 Å². The minimum atomic E-state index is 0.150.